The van der Waals surface area contributed by atoms with Gasteiger partial charge in [-0.25, -0.2) is 10.8 Å². The van der Waals surface area contributed by atoms with E-state index >= 15 is 0 Å². The molecule has 0 aliphatic heterocycles. The average molecular weight is 322 g/mol. The van der Waals surface area contributed by atoms with Gasteiger partial charge in [-0.1, -0.05) is 15.9 Å². The fourth-order valence-electron chi connectivity index (χ4n) is 1.46. The number of nitrogens with two attached hydrogens (primary N) is 1. The van der Waals surface area contributed by atoms with Crippen LogP contribution in [0.5, 0.6) is 0 Å². The number of carbonyl (C=O) groups excluding carboxylic acids is 1. The van der Waals surface area contributed by atoms with E-state index in [1.807, 2.05) is 19.1 Å². The van der Waals surface area contributed by atoms with Gasteiger partial charge in [0.05, 0.1) is 12.4 Å². The van der Waals surface area contributed by atoms with Crippen LogP contribution in [0.25, 0.3) is 0 Å². The smallest absolute Gasteiger partial charge is 0.275 e. The molecule has 98 valence electrons. The number of halogens is 1. The van der Waals surface area contributed by atoms with Crippen LogP contribution in [0.1, 0.15) is 16.1 Å². The maximum Gasteiger partial charge on any atom is 0.275 e. The highest BCUT2D eigenvalue weighted by atomic mass is 79.9. The first kappa shape index (κ1) is 13.4. The average Bonchev–Trinajstić information content (AvgIpc) is 2.43. The van der Waals surface area contributed by atoms with E-state index in [0.717, 1.165) is 10.0 Å². The second-order valence-electron chi connectivity index (χ2n) is 3.85. The van der Waals surface area contributed by atoms with Crippen LogP contribution >= 0.6 is 15.9 Å². The van der Waals surface area contributed by atoms with Gasteiger partial charge in [0.25, 0.3) is 5.91 Å². The first-order valence-electron chi connectivity index (χ1n) is 5.46. The highest BCUT2D eigenvalue weighted by Crippen LogP contribution is 2.20. The van der Waals surface area contributed by atoms with E-state index in [0.29, 0.717) is 11.5 Å². The lowest BCUT2D eigenvalue weighted by molar-refractivity contribution is 0.102. The third kappa shape index (κ3) is 3.27. The number of benzene rings is 1. The Morgan fingerprint density at radius 1 is 1.37 bits per heavy atom. The number of carbonyl (C=O) groups is 1. The number of amides is 1. The van der Waals surface area contributed by atoms with Crippen molar-refractivity contribution in [2.45, 2.75) is 6.92 Å². The molecule has 19 heavy (non-hydrogen) atoms. The number of aromatic nitrogens is 2. The Labute approximate surface area is 118 Å². The molecule has 1 aromatic heterocycles. The third-order valence-electron chi connectivity index (χ3n) is 2.43. The van der Waals surface area contributed by atoms with Crippen molar-refractivity contribution in [2.75, 3.05) is 10.7 Å². The maximum atomic E-state index is 12.0. The van der Waals surface area contributed by atoms with Crippen molar-refractivity contribution in [3.63, 3.8) is 0 Å². The molecule has 6 nitrogen and oxygen atoms in total. The molecule has 0 fully saturated rings. The summed E-state index contributed by atoms with van der Waals surface area (Å²) in [4.78, 5) is 19.9. The van der Waals surface area contributed by atoms with E-state index < -0.39 is 0 Å². The molecule has 0 unspecified atom stereocenters. The largest absolute Gasteiger partial charge is 0.321 e. The summed E-state index contributed by atoms with van der Waals surface area (Å²) >= 11 is 3.40. The summed E-state index contributed by atoms with van der Waals surface area (Å²) in [7, 11) is 0. The van der Waals surface area contributed by atoms with Crippen molar-refractivity contribution >= 4 is 33.3 Å². The number of hydrogen-bond acceptors (Lipinski definition) is 5. The zero-order valence-corrected chi connectivity index (χ0v) is 11.7. The summed E-state index contributed by atoms with van der Waals surface area (Å²) in [6.07, 6.45) is 2.81. The lowest BCUT2D eigenvalue weighted by atomic mass is 10.2. The summed E-state index contributed by atoms with van der Waals surface area (Å²) < 4.78 is 0.986. The van der Waals surface area contributed by atoms with Gasteiger partial charge in [0.1, 0.15) is 5.69 Å². The van der Waals surface area contributed by atoms with Gasteiger partial charge in [0, 0.05) is 10.2 Å². The van der Waals surface area contributed by atoms with Crippen molar-refractivity contribution in [3.8, 4) is 0 Å². The quantitative estimate of drug-likeness (QED) is 0.594. The summed E-state index contributed by atoms with van der Waals surface area (Å²) in [5.41, 5.74) is 4.26. The number of nitrogens with one attached hydrogen (secondary N) is 2. The Kier molecular flexibility index (Phi) is 4.08. The van der Waals surface area contributed by atoms with E-state index in [4.69, 9.17) is 5.84 Å². The molecule has 1 amide bonds. The van der Waals surface area contributed by atoms with E-state index in [2.05, 4.69) is 36.6 Å². The molecule has 2 aromatic rings. The number of anilines is 2. The van der Waals surface area contributed by atoms with Crippen molar-refractivity contribution in [1.82, 2.24) is 9.97 Å². The molecule has 0 bridgehead atoms. The number of hydrogen-bond donors (Lipinski definition) is 3. The van der Waals surface area contributed by atoms with Gasteiger partial charge >= 0.3 is 0 Å². The molecule has 2 rings (SSSR count). The molecule has 1 heterocycles. The van der Waals surface area contributed by atoms with Gasteiger partial charge in [-0.05, 0) is 30.7 Å². The minimum absolute atomic E-state index is 0.191. The van der Waals surface area contributed by atoms with Crippen LogP contribution in [0.15, 0.2) is 35.1 Å². The number of nitrogens with zero attached hydrogens (tertiary/aromatic N) is 2. The second kappa shape index (κ2) is 5.77. The van der Waals surface area contributed by atoms with Gasteiger partial charge in [-0.15, -0.1) is 0 Å². The van der Waals surface area contributed by atoms with Gasteiger partial charge in [-0.3, -0.25) is 9.78 Å². The van der Waals surface area contributed by atoms with Gasteiger partial charge in [0.15, 0.2) is 5.82 Å². The summed E-state index contributed by atoms with van der Waals surface area (Å²) in [6.45, 7) is 1.94. The molecule has 0 aliphatic carbocycles. The Morgan fingerprint density at radius 3 is 2.84 bits per heavy atom. The van der Waals surface area contributed by atoms with E-state index in [9.17, 15) is 4.79 Å². The SMILES string of the molecule is Cc1cc(NC(=O)c2cncc(NN)n2)ccc1Br. The maximum absolute atomic E-state index is 12.0. The topological polar surface area (TPSA) is 92.9 Å². The van der Waals surface area contributed by atoms with Gasteiger partial charge in [-0.2, -0.15) is 0 Å². The molecular weight excluding hydrogens is 310 g/mol. The van der Waals surface area contributed by atoms with Gasteiger partial charge in [0.2, 0.25) is 0 Å². The molecule has 0 atom stereocenters. The first-order valence-corrected chi connectivity index (χ1v) is 6.25. The molecule has 0 saturated heterocycles. The van der Waals surface area contributed by atoms with Crippen LogP contribution < -0.4 is 16.6 Å². The van der Waals surface area contributed by atoms with Crippen LogP contribution in [-0.4, -0.2) is 15.9 Å². The van der Waals surface area contributed by atoms with Crippen LogP contribution in [0, 0.1) is 6.92 Å². The molecule has 7 heteroatoms. The predicted octanol–water partition coefficient (Wildman–Crippen LogP) is 2.09. The Hall–Kier alpha value is -1.99. The molecule has 0 saturated carbocycles. The Morgan fingerprint density at radius 2 is 2.16 bits per heavy atom. The summed E-state index contributed by atoms with van der Waals surface area (Å²) in [5.74, 6) is 5.21. The second-order valence-corrected chi connectivity index (χ2v) is 4.71. The molecule has 0 spiro atoms. The first-order chi connectivity index (χ1) is 9.10. The fourth-order valence-corrected chi connectivity index (χ4v) is 1.71. The number of nitrogen functional groups attached to an aromatic ring is 1. The van der Waals surface area contributed by atoms with Crippen molar-refractivity contribution in [1.29, 1.82) is 0 Å². The van der Waals surface area contributed by atoms with Crippen LogP contribution in [0.3, 0.4) is 0 Å². The zero-order chi connectivity index (χ0) is 13.8. The number of rotatable bonds is 3. The third-order valence-corrected chi connectivity index (χ3v) is 3.32. The van der Waals surface area contributed by atoms with E-state index in [1.165, 1.54) is 12.4 Å². The normalized spacial score (nSPS) is 10.1. The molecule has 1 aromatic carbocycles. The number of hydrazine groups is 1. The number of aryl methyl sites for hydroxylation is 1. The fraction of sp³-hybridized carbons (Fsp3) is 0.0833. The highest BCUT2D eigenvalue weighted by Gasteiger charge is 2.09. The van der Waals surface area contributed by atoms with E-state index in [-0.39, 0.29) is 11.6 Å². The van der Waals surface area contributed by atoms with Crippen LogP contribution in [0.4, 0.5) is 11.5 Å². The van der Waals surface area contributed by atoms with Crippen LogP contribution in [0.2, 0.25) is 0 Å². The molecular formula is C12H12BrN5O. The molecule has 0 radical (unpaired) electrons. The lowest BCUT2D eigenvalue weighted by Crippen LogP contribution is -2.16. The van der Waals surface area contributed by atoms with Crippen molar-refractivity contribution in [2.24, 2.45) is 5.84 Å². The van der Waals surface area contributed by atoms with E-state index in [1.54, 1.807) is 6.07 Å². The standard InChI is InChI=1S/C12H12BrN5O/c1-7-4-8(2-3-9(7)13)16-12(19)10-5-15-6-11(17-10)18-14/h2-6H,14H2,1H3,(H,16,19)(H,17,18). The predicted molar refractivity (Wildman–Crippen MR) is 76.7 cm³/mol. The Bertz CT molecular complexity index is 617. The minimum atomic E-state index is -0.341. The van der Waals surface area contributed by atoms with Crippen molar-refractivity contribution in [3.05, 3.63) is 46.3 Å². The summed E-state index contributed by atoms with van der Waals surface area (Å²) in [6, 6.07) is 5.53. The minimum Gasteiger partial charge on any atom is -0.321 e. The highest BCUT2D eigenvalue weighted by molar-refractivity contribution is 9.10. The molecule has 0 aliphatic rings. The monoisotopic (exact) mass is 321 g/mol. The molecule has 4 N–H and O–H groups in total. The zero-order valence-electron chi connectivity index (χ0n) is 10.1. The van der Waals surface area contributed by atoms with Gasteiger partial charge < -0.3 is 10.7 Å². The lowest BCUT2D eigenvalue weighted by Gasteiger charge is -2.07. The van der Waals surface area contributed by atoms with Crippen molar-refractivity contribution < 1.29 is 4.79 Å². The Balaban J connectivity index is 2.18. The summed E-state index contributed by atoms with van der Waals surface area (Å²) in [5, 5.41) is 2.75. The van der Waals surface area contributed by atoms with Crippen LogP contribution in [-0.2, 0) is 0 Å².